The summed E-state index contributed by atoms with van der Waals surface area (Å²) in [6, 6.07) is 4.09. The number of hydrogen-bond donors (Lipinski definition) is 1. The minimum Gasteiger partial charge on any atom is -0.466 e. The second kappa shape index (κ2) is 9.19. The SMILES string of the molecule is CCOC(=O)Cc1csc(NN=Cc2ccc(N3CCCC3)c(C)c2Cl)n1. The van der Waals surface area contributed by atoms with Gasteiger partial charge in [-0.15, -0.1) is 11.3 Å². The van der Waals surface area contributed by atoms with E-state index in [9.17, 15) is 4.79 Å². The molecule has 144 valence electrons. The lowest BCUT2D eigenvalue weighted by atomic mass is 10.1. The van der Waals surface area contributed by atoms with E-state index >= 15 is 0 Å². The van der Waals surface area contributed by atoms with Gasteiger partial charge in [0.2, 0.25) is 5.13 Å². The minimum atomic E-state index is -0.279. The van der Waals surface area contributed by atoms with Gasteiger partial charge in [-0.1, -0.05) is 11.6 Å². The second-order valence-corrected chi connectivity index (χ2v) is 7.54. The van der Waals surface area contributed by atoms with Crippen LogP contribution >= 0.6 is 22.9 Å². The number of halogens is 1. The van der Waals surface area contributed by atoms with E-state index in [4.69, 9.17) is 16.3 Å². The second-order valence-electron chi connectivity index (χ2n) is 6.30. The van der Waals surface area contributed by atoms with Gasteiger partial charge in [0.25, 0.3) is 0 Å². The molecule has 0 amide bonds. The van der Waals surface area contributed by atoms with E-state index in [0.29, 0.717) is 22.5 Å². The molecule has 8 heteroatoms. The Kier molecular flexibility index (Phi) is 6.68. The van der Waals surface area contributed by atoms with Gasteiger partial charge in [-0.2, -0.15) is 5.10 Å². The summed E-state index contributed by atoms with van der Waals surface area (Å²) < 4.78 is 4.92. The number of aromatic nitrogens is 1. The number of nitrogens with one attached hydrogen (secondary N) is 1. The van der Waals surface area contributed by atoms with Crippen molar-refractivity contribution in [3.05, 3.63) is 39.4 Å². The molecule has 1 fully saturated rings. The first-order valence-corrected chi connectivity index (χ1v) is 10.3. The van der Waals surface area contributed by atoms with Crippen molar-refractivity contribution in [1.29, 1.82) is 0 Å². The molecule has 0 spiro atoms. The highest BCUT2D eigenvalue weighted by molar-refractivity contribution is 7.13. The Hall–Kier alpha value is -2.12. The fraction of sp³-hybridized carbons (Fsp3) is 0.421. The lowest BCUT2D eigenvalue weighted by molar-refractivity contribution is -0.142. The number of hydrogen-bond acceptors (Lipinski definition) is 7. The van der Waals surface area contributed by atoms with Gasteiger partial charge >= 0.3 is 5.97 Å². The maximum absolute atomic E-state index is 11.5. The highest BCUT2D eigenvalue weighted by Gasteiger charge is 2.16. The average molecular weight is 407 g/mol. The number of carbonyl (C=O) groups is 1. The van der Waals surface area contributed by atoms with Crippen LogP contribution in [0.25, 0.3) is 0 Å². The van der Waals surface area contributed by atoms with Crippen molar-refractivity contribution in [3.8, 4) is 0 Å². The lowest BCUT2D eigenvalue weighted by Crippen LogP contribution is -2.18. The number of benzene rings is 1. The highest BCUT2D eigenvalue weighted by Crippen LogP contribution is 2.31. The summed E-state index contributed by atoms with van der Waals surface area (Å²) in [4.78, 5) is 18.2. The number of hydrazone groups is 1. The van der Waals surface area contributed by atoms with Crippen LogP contribution in [0.4, 0.5) is 10.8 Å². The third kappa shape index (κ3) is 4.99. The molecule has 0 unspecified atom stereocenters. The van der Waals surface area contributed by atoms with Crippen LogP contribution in [0.3, 0.4) is 0 Å². The number of carbonyl (C=O) groups excluding carboxylic acids is 1. The molecular formula is C19H23ClN4O2S. The van der Waals surface area contributed by atoms with Crippen LogP contribution in [-0.2, 0) is 16.0 Å². The molecule has 6 nitrogen and oxygen atoms in total. The molecule has 2 heterocycles. The number of ether oxygens (including phenoxy) is 1. The van der Waals surface area contributed by atoms with Crippen LogP contribution in [-0.4, -0.2) is 36.9 Å². The van der Waals surface area contributed by atoms with Crippen LogP contribution in [0.2, 0.25) is 5.02 Å². The minimum absolute atomic E-state index is 0.165. The Morgan fingerprint density at radius 2 is 2.22 bits per heavy atom. The maximum Gasteiger partial charge on any atom is 0.311 e. The van der Waals surface area contributed by atoms with E-state index in [1.54, 1.807) is 13.1 Å². The van der Waals surface area contributed by atoms with Gasteiger partial charge in [0.15, 0.2) is 0 Å². The van der Waals surface area contributed by atoms with Crippen molar-refractivity contribution >= 4 is 45.9 Å². The van der Waals surface area contributed by atoms with Gasteiger partial charge in [-0.25, -0.2) is 4.98 Å². The summed E-state index contributed by atoms with van der Waals surface area (Å²) in [5, 5.41) is 7.38. The molecule has 0 aliphatic carbocycles. The van der Waals surface area contributed by atoms with E-state index in [1.165, 1.54) is 29.9 Å². The monoisotopic (exact) mass is 406 g/mol. The number of nitrogens with zero attached hydrogens (tertiary/aromatic N) is 3. The summed E-state index contributed by atoms with van der Waals surface area (Å²) >= 11 is 7.93. The predicted octanol–water partition coefficient (Wildman–Crippen LogP) is 4.26. The smallest absolute Gasteiger partial charge is 0.311 e. The molecule has 1 aliphatic heterocycles. The lowest BCUT2D eigenvalue weighted by Gasteiger charge is -2.21. The third-order valence-corrected chi connectivity index (χ3v) is 5.68. The Labute approximate surface area is 168 Å². The van der Waals surface area contributed by atoms with Gasteiger partial charge in [0.1, 0.15) is 0 Å². The Morgan fingerprint density at radius 3 is 2.96 bits per heavy atom. The molecule has 1 aromatic carbocycles. The summed E-state index contributed by atoms with van der Waals surface area (Å²) in [7, 11) is 0. The van der Waals surface area contributed by atoms with Crippen molar-refractivity contribution in [2.45, 2.75) is 33.1 Å². The fourth-order valence-corrected chi connectivity index (χ4v) is 3.92. The van der Waals surface area contributed by atoms with Crippen LogP contribution < -0.4 is 10.3 Å². The molecule has 0 bridgehead atoms. The Balaban J connectivity index is 1.62. The van der Waals surface area contributed by atoms with Crippen molar-refractivity contribution in [2.75, 3.05) is 30.0 Å². The average Bonchev–Trinajstić information content (AvgIpc) is 3.31. The van der Waals surface area contributed by atoms with Gasteiger partial charge in [0, 0.05) is 29.7 Å². The molecule has 2 aromatic rings. The van der Waals surface area contributed by atoms with Crippen molar-refractivity contribution in [1.82, 2.24) is 4.98 Å². The fourth-order valence-electron chi connectivity index (χ4n) is 3.05. The molecular weight excluding hydrogens is 384 g/mol. The highest BCUT2D eigenvalue weighted by atomic mass is 35.5. The number of anilines is 2. The summed E-state index contributed by atoms with van der Waals surface area (Å²) in [6.07, 6.45) is 4.32. The zero-order valence-corrected chi connectivity index (χ0v) is 17.1. The molecule has 0 atom stereocenters. The first kappa shape index (κ1) is 19.6. The molecule has 1 N–H and O–H groups in total. The first-order chi connectivity index (χ1) is 13.1. The van der Waals surface area contributed by atoms with E-state index in [0.717, 1.165) is 24.2 Å². The van der Waals surface area contributed by atoms with Crippen LogP contribution in [0.1, 0.15) is 36.6 Å². The normalized spacial score (nSPS) is 14.1. The third-order valence-electron chi connectivity index (χ3n) is 4.38. The Morgan fingerprint density at radius 1 is 1.44 bits per heavy atom. The zero-order chi connectivity index (χ0) is 19.2. The van der Waals surface area contributed by atoms with Gasteiger partial charge < -0.3 is 9.64 Å². The number of rotatable bonds is 7. The predicted molar refractivity (Wildman–Crippen MR) is 111 cm³/mol. The number of esters is 1. The van der Waals surface area contributed by atoms with Crippen molar-refractivity contribution in [2.24, 2.45) is 5.10 Å². The van der Waals surface area contributed by atoms with Gasteiger partial charge in [-0.3, -0.25) is 10.2 Å². The quantitative estimate of drug-likeness (QED) is 0.423. The standard InChI is InChI=1S/C19H23ClN4O2S/c1-3-26-17(25)10-15-12-27-19(22-15)23-21-11-14-6-7-16(13(2)18(14)20)24-8-4-5-9-24/h6-7,11-12H,3-5,8-10H2,1-2H3,(H,22,23). The molecule has 27 heavy (non-hydrogen) atoms. The van der Waals surface area contributed by atoms with E-state index in [-0.39, 0.29) is 12.4 Å². The largest absolute Gasteiger partial charge is 0.466 e. The molecule has 1 saturated heterocycles. The van der Waals surface area contributed by atoms with Crippen LogP contribution in [0.5, 0.6) is 0 Å². The first-order valence-electron chi connectivity index (χ1n) is 9.01. The molecule has 1 aliphatic rings. The van der Waals surface area contributed by atoms with Crippen molar-refractivity contribution < 1.29 is 9.53 Å². The van der Waals surface area contributed by atoms with Crippen LogP contribution in [0, 0.1) is 6.92 Å². The van der Waals surface area contributed by atoms with Gasteiger partial charge in [-0.05, 0) is 44.4 Å². The Bertz CT molecular complexity index is 831. The van der Waals surface area contributed by atoms with Crippen molar-refractivity contribution in [3.63, 3.8) is 0 Å². The van der Waals surface area contributed by atoms with Crippen LogP contribution in [0.15, 0.2) is 22.6 Å². The molecule has 1 aromatic heterocycles. The maximum atomic E-state index is 11.5. The number of thiazole rings is 1. The zero-order valence-electron chi connectivity index (χ0n) is 15.5. The van der Waals surface area contributed by atoms with Gasteiger partial charge in [0.05, 0.1) is 30.0 Å². The topological polar surface area (TPSA) is 66.8 Å². The summed E-state index contributed by atoms with van der Waals surface area (Å²) in [5.74, 6) is -0.279. The summed E-state index contributed by atoms with van der Waals surface area (Å²) in [5.41, 5.74) is 6.69. The molecule has 3 rings (SSSR count). The molecule has 0 saturated carbocycles. The van der Waals surface area contributed by atoms with E-state index in [2.05, 4.69) is 26.5 Å². The summed E-state index contributed by atoms with van der Waals surface area (Å²) in [6.45, 7) is 6.37. The van der Waals surface area contributed by atoms with E-state index in [1.807, 2.05) is 18.4 Å². The van der Waals surface area contributed by atoms with E-state index < -0.39 is 0 Å². The molecule has 0 radical (unpaired) electrons.